The first-order valence-corrected chi connectivity index (χ1v) is 33.5. The van der Waals surface area contributed by atoms with Gasteiger partial charge < -0.3 is 14.2 Å². The highest BCUT2D eigenvalue weighted by Gasteiger charge is 2.19. The van der Waals surface area contributed by atoms with Crippen molar-refractivity contribution in [2.75, 3.05) is 13.2 Å². The van der Waals surface area contributed by atoms with E-state index in [1.165, 1.54) is 148 Å². The number of rotatable bonds is 60. The Bertz CT molecular complexity index is 1650. The predicted octanol–water partition coefficient (Wildman–Crippen LogP) is 23.2. The quantitative estimate of drug-likeness (QED) is 0.0261. The van der Waals surface area contributed by atoms with E-state index in [0.717, 1.165) is 122 Å². The number of unbranched alkanes of at least 4 members (excludes halogenated alkanes) is 29. The van der Waals surface area contributed by atoms with E-state index in [2.05, 4.69) is 142 Å². The van der Waals surface area contributed by atoms with Crippen molar-refractivity contribution < 1.29 is 28.6 Å². The Morgan fingerprint density at radius 3 is 0.762 bits per heavy atom. The number of hydrogen-bond donors (Lipinski definition) is 0. The van der Waals surface area contributed by atoms with Crippen LogP contribution in [0.1, 0.15) is 310 Å². The van der Waals surface area contributed by atoms with Crippen LogP contribution in [0.15, 0.2) is 122 Å². The van der Waals surface area contributed by atoms with Crippen LogP contribution >= 0.6 is 0 Å². The lowest BCUT2D eigenvalue weighted by Crippen LogP contribution is -2.30. The summed E-state index contributed by atoms with van der Waals surface area (Å²) < 4.78 is 16.9. The molecule has 0 rings (SSSR count). The third-order valence-corrected chi connectivity index (χ3v) is 14.2. The first-order chi connectivity index (χ1) is 39.5. The third-order valence-electron chi connectivity index (χ3n) is 14.2. The summed E-state index contributed by atoms with van der Waals surface area (Å²) in [5.74, 6) is -0.927. The number of ether oxygens (including phenoxy) is 3. The molecule has 0 aromatic rings. The molecule has 1 unspecified atom stereocenters. The Hall–Kier alpha value is -4.19. The molecule has 0 saturated heterocycles. The summed E-state index contributed by atoms with van der Waals surface area (Å²) in [7, 11) is 0. The highest BCUT2D eigenvalue weighted by molar-refractivity contribution is 5.71. The van der Waals surface area contributed by atoms with Crippen molar-refractivity contribution in [2.24, 2.45) is 0 Å². The van der Waals surface area contributed by atoms with Gasteiger partial charge in [0.1, 0.15) is 13.2 Å². The van der Waals surface area contributed by atoms with Crippen LogP contribution in [0.3, 0.4) is 0 Å². The van der Waals surface area contributed by atoms with E-state index < -0.39 is 6.10 Å². The molecular weight excluding hydrogens is 985 g/mol. The summed E-state index contributed by atoms with van der Waals surface area (Å²) in [6, 6.07) is 0. The topological polar surface area (TPSA) is 78.9 Å². The SMILES string of the molecule is CC/C=C\C/C=C\C/C=C\C/C=C\C/C=C\C/C=C\C/C=C\C/C=C\C/C=C\C/C=C\CCCCC(=O)OCC(COC(=O)CCCCCCCCCCCC)OC(=O)CCCCCCCCCCCCCCCCCCCCC. The molecule has 0 aliphatic rings. The maximum atomic E-state index is 12.9. The van der Waals surface area contributed by atoms with Gasteiger partial charge in [0, 0.05) is 19.3 Å². The van der Waals surface area contributed by atoms with Gasteiger partial charge in [-0.2, -0.15) is 0 Å². The molecule has 0 aromatic carbocycles. The second kappa shape index (κ2) is 67.3. The molecule has 0 spiro atoms. The van der Waals surface area contributed by atoms with Gasteiger partial charge in [0.25, 0.3) is 0 Å². The minimum atomic E-state index is -0.795. The van der Waals surface area contributed by atoms with Crippen molar-refractivity contribution in [2.45, 2.75) is 316 Å². The van der Waals surface area contributed by atoms with Crippen LogP contribution in [0.2, 0.25) is 0 Å². The van der Waals surface area contributed by atoms with Gasteiger partial charge in [-0.3, -0.25) is 14.4 Å². The lowest BCUT2D eigenvalue weighted by molar-refractivity contribution is -0.167. The monoisotopic (exact) mass is 1110 g/mol. The second-order valence-electron chi connectivity index (χ2n) is 22.0. The van der Waals surface area contributed by atoms with E-state index in [-0.39, 0.29) is 31.1 Å². The van der Waals surface area contributed by atoms with Crippen molar-refractivity contribution >= 4 is 17.9 Å². The normalized spacial score (nSPS) is 12.9. The van der Waals surface area contributed by atoms with Gasteiger partial charge in [-0.15, -0.1) is 0 Å². The number of carbonyl (C=O) groups is 3. The van der Waals surface area contributed by atoms with Gasteiger partial charge in [0.05, 0.1) is 0 Å². The smallest absolute Gasteiger partial charge is 0.306 e. The Morgan fingerprint density at radius 1 is 0.263 bits per heavy atom. The van der Waals surface area contributed by atoms with Crippen molar-refractivity contribution in [1.82, 2.24) is 0 Å². The molecule has 456 valence electrons. The highest BCUT2D eigenvalue weighted by atomic mass is 16.6. The Balaban J connectivity index is 4.31. The summed E-state index contributed by atoms with van der Waals surface area (Å²) in [6.07, 6.45) is 93.7. The van der Waals surface area contributed by atoms with Crippen LogP contribution in [0.25, 0.3) is 0 Å². The van der Waals surface area contributed by atoms with Crippen LogP contribution in [-0.4, -0.2) is 37.2 Å². The summed E-state index contributed by atoms with van der Waals surface area (Å²) in [4.78, 5) is 38.2. The van der Waals surface area contributed by atoms with Crippen LogP contribution in [0, 0.1) is 0 Å². The fourth-order valence-electron chi connectivity index (χ4n) is 9.24. The number of carbonyl (C=O) groups excluding carboxylic acids is 3. The van der Waals surface area contributed by atoms with E-state index in [9.17, 15) is 14.4 Å². The van der Waals surface area contributed by atoms with Gasteiger partial charge in [-0.25, -0.2) is 0 Å². The molecule has 0 fully saturated rings. The second-order valence-corrected chi connectivity index (χ2v) is 22.0. The summed E-state index contributed by atoms with van der Waals surface area (Å²) >= 11 is 0. The number of esters is 3. The van der Waals surface area contributed by atoms with Crippen molar-refractivity contribution in [3.8, 4) is 0 Å². The molecule has 1 atom stereocenters. The minimum absolute atomic E-state index is 0.0893. The van der Waals surface area contributed by atoms with Crippen LogP contribution in [0.4, 0.5) is 0 Å². The van der Waals surface area contributed by atoms with Crippen molar-refractivity contribution in [3.05, 3.63) is 122 Å². The highest BCUT2D eigenvalue weighted by Crippen LogP contribution is 2.17. The van der Waals surface area contributed by atoms with Crippen molar-refractivity contribution in [1.29, 1.82) is 0 Å². The first-order valence-electron chi connectivity index (χ1n) is 33.5. The average molecular weight is 1110 g/mol. The zero-order valence-electron chi connectivity index (χ0n) is 52.3. The summed E-state index contributed by atoms with van der Waals surface area (Å²) in [5.41, 5.74) is 0. The lowest BCUT2D eigenvalue weighted by atomic mass is 10.0. The van der Waals surface area contributed by atoms with Gasteiger partial charge in [-0.1, -0.05) is 316 Å². The third kappa shape index (κ3) is 64.6. The molecule has 0 aromatic heterocycles. The molecule has 6 heteroatoms. The molecule has 0 aliphatic heterocycles. The predicted molar refractivity (Wildman–Crippen MR) is 348 cm³/mol. The van der Waals surface area contributed by atoms with E-state index in [1.54, 1.807) is 0 Å². The van der Waals surface area contributed by atoms with E-state index in [4.69, 9.17) is 14.2 Å². The number of hydrogen-bond acceptors (Lipinski definition) is 6. The Kier molecular flexibility index (Phi) is 63.8. The first kappa shape index (κ1) is 75.8. The molecule has 0 aliphatic carbocycles. The molecule has 0 radical (unpaired) electrons. The van der Waals surface area contributed by atoms with Crippen molar-refractivity contribution in [3.63, 3.8) is 0 Å². The van der Waals surface area contributed by atoms with Gasteiger partial charge in [-0.05, 0) is 96.3 Å². The fourth-order valence-corrected chi connectivity index (χ4v) is 9.24. The summed E-state index contributed by atoms with van der Waals surface area (Å²) in [5, 5.41) is 0. The van der Waals surface area contributed by atoms with Gasteiger partial charge >= 0.3 is 17.9 Å². The van der Waals surface area contributed by atoms with Gasteiger partial charge in [0.15, 0.2) is 6.10 Å². The van der Waals surface area contributed by atoms with Crippen LogP contribution in [-0.2, 0) is 28.6 Å². The van der Waals surface area contributed by atoms with E-state index >= 15 is 0 Å². The molecule has 0 amide bonds. The maximum Gasteiger partial charge on any atom is 0.306 e. The van der Waals surface area contributed by atoms with E-state index in [1.807, 2.05) is 0 Å². The van der Waals surface area contributed by atoms with E-state index in [0.29, 0.717) is 19.3 Å². The molecule has 0 saturated carbocycles. The molecule has 80 heavy (non-hydrogen) atoms. The summed E-state index contributed by atoms with van der Waals surface area (Å²) in [6.45, 7) is 6.50. The zero-order valence-corrected chi connectivity index (χ0v) is 52.3. The molecule has 6 nitrogen and oxygen atoms in total. The molecular formula is C74H124O6. The van der Waals surface area contributed by atoms with Crippen LogP contribution in [0.5, 0.6) is 0 Å². The Morgan fingerprint density at radius 2 is 0.487 bits per heavy atom. The maximum absolute atomic E-state index is 12.9. The van der Waals surface area contributed by atoms with Gasteiger partial charge in [0.2, 0.25) is 0 Å². The average Bonchev–Trinajstić information content (AvgIpc) is 3.46. The zero-order chi connectivity index (χ0) is 57.8. The van der Waals surface area contributed by atoms with Crippen LogP contribution < -0.4 is 0 Å². The minimum Gasteiger partial charge on any atom is -0.462 e. The Labute approximate surface area is 494 Å². The fraction of sp³-hybridized carbons (Fsp3) is 0.689. The molecule has 0 N–H and O–H groups in total. The largest absolute Gasteiger partial charge is 0.462 e. The lowest BCUT2D eigenvalue weighted by Gasteiger charge is -2.18. The standard InChI is InChI=1S/C74H124O6/c1-4-7-10-13-16-19-22-24-26-28-30-31-32-33-34-35-36-37-38-39-40-41-42-43-45-46-48-50-52-55-58-61-64-67-73(76)79-70-71(69-78-72(75)66-63-60-57-54-21-18-15-12-9-6-3)80-74(77)68-65-62-59-56-53-51-49-47-44-29-27-25-23-20-17-14-11-8-5-2/h7,10,16,19,24,26,30-31,33-34,36-37,39-40,42-43,46,48,52,55,71H,4-6,8-9,11-15,17-18,20-23,25,27-29,32,35,38,41,44-45,47,49-51,53-54,56-70H2,1-3H3/b10-7-,19-16-,26-24-,31-30-,34-33-,37-36-,40-39-,43-42-,48-46-,55-52-. The number of allylic oxidation sites excluding steroid dienone is 20. The molecule has 0 heterocycles. The molecule has 0 bridgehead atoms.